The standard InChI is InChI=1S/C22H25N3O/c1-5-15-6-7-16(10-17(15)12-23)21(26)24-19-8-9-20-18(11-19)13-25(4)14-22(20,2)3/h6-11H,5,13-14H2,1-4H3,(H,24,26). The third-order valence-corrected chi connectivity index (χ3v) is 5.07. The third kappa shape index (κ3) is 3.49. The number of likely N-dealkylation sites (N-methyl/N-ethyl adjacent to an activating group) is 1. The summed E-state index contributed by atoms with van der Waals surface area (Å²) in [5.41, 5.74) is 5.51. The van der Waals surface area contributed by atoms with E-state index in [1.54, 1.807) is 12.1 Å². The highest BCUT2D eigenvalue weighted by Gasteiger charge is 2.30. The number of benzene rings is 2. The van der Waals surface area contributed by atoms with Crippen LogP contribution in [0.4, 0.5) is 5.69 Å². The number of nitrogens with one attached hydrogen (secondary N) is 1. The lowest BCUT2D eigenvalue weighted by atomic mass is 9.78. The van der Waals surface area contributed by atoms with Crippen LogP contribution < -0.4 is 5.32 Å². The first-order chi connectivity index (χ1) is 12.3. The Balaban J connectivity index is 1.85. The Hall–Kier alpha value is -2.64. The molecule has 2 aromatic rings. The van der Waals surface area contributed by atoms with Crippen LogP contribution in [0.25, 0.3) is 0 Å². The molecule has 134 valence electrons. The second-order valence-corrected chi connectivity index (χ2v) is 7.72. The summed E-state index contributed by atoms with van der Waals surface area (Å²) in [4.78, 5) is 14.9. The number of carbonyl (C=O) groups excluding carboxylic acids is 1. The van der Waals surface area contributed by atoms with E-state index in [2.05, 4.69) is 49.3 Å². The molecule has 0 aromatic heterocycles. The first-order valence-corrected chi connectivity index (χ1v) is 9.00. The van der Waals surface area contributed by atoms with Crippen molar-refractivity contribution in [3.05, 3.63) is 64.2 Å². The van der Waals surface area contributed by atoms with Gasteiger partial charge in [-0.1, -0.05) is 32.9 Å². The Kier molecular flexibility index (Phi) is 4.84. The normalized spacial score (nSPS) is 15.8. The zero-order valence-corrected chi connectivity index (χ0v) is 15.9. The molecule has 0 radical (unpaired) electrons. The lowest BCUT2D eigenvalue weighted by molar-refractivity contribution is 0.102. The highest BCUT2D eigenvalue weighted by Crippen LogP contribution is 2.34. The maximum absolute atomic E-state index is 12.6. The van der Waals surface area contributed by atoms with E-state index in [1.807, 2.05) is 19.1 Å². The van der Waals surface area contributed by atoms with E-state index in [1.165, 1.54) is 11.1 Å². The first kappa shape index (κ1) is 18.2. The van der Waals surface area contributed by atoms with Gasteiger partial charge in [0.25, 0.3) is 5.91 Å². The van der Waals surface area contributed by atoms with Crippen LogP contribution in [0.5, 0.6) is 0 Å². The van der Waals surface area contributed by atoms with Gasteiger partial charge in [-0.2, -0.15) is 5.26 Å². The fourth-order valence-electron chi connectivity index (χ4n) is 3.90. The molecule has 1 amide bonds. The van der Waals surface area contributed by atoms with E-state index >= 15 is 0 Å². The molecule has 0 spiro atoms. The van der Waals surface area contributed by atoms with Crippen molar-refractivity contribution in [3.8, 4) is 6.07 Å². The fourth-order valence-corrected chi connectivity index (χ4v) is 3.90. The number of aryl methyl sites for hydroxylation is 1. The average molecular weight is 347 g/mol. The van der Waals surface area contributed by atoms with E-state index in [4.69, 9.17) is 0 Å². The van der Waals surface area contributed by atoms with Gasteiger partial charge in [-0.3, -0.25) is 4.79 Å². The van der Waals surface area contributed by atoms with E-state index in [-0.39, 0.29) is 11.3 Å². The van der Waals surface area contributed by atoms with Gasteiger partial charge < -0.3 is 10.2 Å². The number of nitrogens with zero attached hydrogens (tertiary/aromatic N) is 2. The average Bonchev–Trinajstić information content (AvgIpc) is 2.59. The molecule has 0 atom stereocenters. The van der Waals surface area contributed by atoms with E-state index in [9.17, 15) is 10.1 Å². The summed E-state index contributed by atoms with van der Waals surface area (Å²) >= 11 is 0. The van der Waals surface area contributed by atoms with Gasteiger partial charge in [0, 0.05) is 29.8 Å². The Morgan fingerprint density at radius 1 is 1.27 bits per heavy atom. The van der Waals surface area contributed by atoms with Gasteiger partial charge in [-0.25, -0.2) is 0 Å². The van der Waals surface area contributed by atoms with Gasteiger partial charge in [-0.05, 0) is 54.4 Å². The number of fused-ring (bicyclic) bond motifs is 1. The topological polar surface area (TPSA) is 56.1 Å². The summed E-state index contributed by atoms with van der Waals surface area (Å²) in [5.74, 6) is -0.187. The van der Waals surface area contributed by atoms with Crippen LogP contribution in [0.15, 0.2) is 36.4 Å². The van der Waals surface area contributed by atoms with Crippen molar-refractivity contribution in [2.75, 3.05) is 18.9 Å². The SMILES string of the molecule is CCc1ccc(C(=O)Nc2ccc3c(c2)CN(C)CC3(C)C)cc1C#N. The van der Waals surface area contributed by atoms with E-state index in [0.29, 0.717) is 11.1 Å². The predicted molar refractivity (Wildman–Crippen MR) is 104 cm³/mol. The minimum Gasteiger partial charge on any atom is -0.322 e. The highest BCUT2D eigenvalue weighted by molar-refractivity contribution is 6.04. The Morgan fingerprint density at radius 3 is 2.73 bits per heavy atom. The summed E-state index contributed by atoms with van der Waals surface area (Å²) < 4.78 is 0. The Labute approximate surface area is 155 Å². The summed E-state index contributed by atoms with van der Waals surface area (Å²) in [5, 5.41) is 12.2. The number of anilines is 1. The maximum Gasteiger partial charge on any atom is 0.255 e. The molecular formula is C22H25N3O. The molecular weight excluding hydrogens is 322 g/mol. The van der Waals surface area contributed by atoms with Gasteiger partial charge in [-0.15, -0.1) is 0 Å². The van der Waals surface area contributed by atoms with E-state index in [0.717, 1.165) is 30.8 Å². The molecule has 2 aromatic carbocycles. The quantitative estimate of drug-likeness (QED) is 0.909. The van der Waals surface area contributed by atoms with Gasteiger partial charge >= 0.3 is 0 Å². The molecule has 1 N–H and O–H groups in total. The lowest BCUT2D eigenvalue weighted by Gasteiger charge is -2.38. The first-order valence-electron chi connectivity index (χ1n) is 9.00. The zero-order valence-electron chi connectivity index (χ0n) is 15.9. The second kappa shape index (κ2) is 6.93. The van der Waals surface area contributed by atoms with Crippen molar-refractivity contribution in [1.82, 2.24) is 4.90 Å². The number of rotatable bonds is 3. The monoisotopic (exact) mass is 347 g/mol. The van der Waals surface area contributed by atoms with Crippen molar-refractivity contribution < 1.29 is 4.79 Å². The van der Waals surface area contributed by atoms with Crippen LogP contribution in [0.3, 0.4) is 0 Å². The largest absolute Gasteiger partial charge is 0.322 e. The molecule has 26 heavy (non-hydrogen) atoms. The molecule has 0 aliphatic carbocycles. The lowest BCUT2D eigenvalue weighted by Crippen LogP contribution is -2.39. The minimum absolute atomic E-state index is 0.0998. The van der Waals surface area contributed by atoms with Crippen LogP contribution in [-0.2, 0) is 18.4 Å². The van der Waals surface area contributed by atoms with E-state index < -0.39 is 0 Å². The Morgan fingerprint density at radius 2 is 2.04 bits per heavy atom. The number of nitriles is 1. The van der Waals surface area contributed by atoms with Crippen molar-refractivity contribution in [2.24, 2.45) is 0 Å². The molecule has 1 aliphatic heterocycles. The van der Waals surface area contributed by atoms with Crippen LogP contribution in [-0.4, -0.2) is 24.4 Å². The molecule has 3 rings (SSSR count). The molecule has 0 saturated carbocycles. The number of carbonyl (C=O) groups is 1. The van der Waals surface area contributed by atoms with Gasteiger partial charge in [0.1, 0.15) is 0 Å². The molecule has 4 heteroatoms. The van der Waals surface area contributed by atoms with Gasteiger partial charge in [0.15, 0.2) is 0 Å². The summed E-state index contributed by atoms with van der Waals surface area (Å²) in [6.07, 6.45) is 0.777. The summed E-state index contributed by atoms with van der Waals surface area (Å²) in [7, 11) is 2.12. The molecule has 4 nitrogen and oxygen atoms in total. The van der Waals surface area contributed by atoms with Crippen molar-refractivity contribution in [3.63, 3.8) is 0 Å². The molecule has 0 bridgehead atoms. The summed E-state index contributed by atoms with van der Waals surface area (Å²) in [6, 6.07) is 13.6. The zero-order chi connectivity index (χ0) is 18.9. The molecule has 1 heterocycles. The number of hydrogen-bond acceptors (Lipinski definition) is 3. The smallest absolute Gasteiger partial charge is 0.255 e. The molecule has 0 unspecified atom stereocenters. The van der Waals surface area contributed by atoms with Crippen LogP contribution >= 0.6 is 0 Å². The fraction of sp³-hybridized carbons (Fsp3) is 0.364. The van der Waals surface area contributed by atoms with Crippen LogP contribution in [0.1, 0.15) is 53.4 Å². The Bertz CT molecular complexity index is 893. The van der Waals surface area contributed by atoms with Gasteiger partial charge in [0.05, 0.1) is 11.6 Å². The third-order valence-electron chi connectivity index (χ3n) is 5.07. The summed E-state index contributed by atoms with van der Waals surface area (Å²) in [6.45, 7) is 8.40. The molecule has 0 fully saturated rings. The van der Waals surface area contributed by atoms with Crippen LogP contribution in [0, 0.1) is 11.3 Å². The number of amides is 1. The molecule has 1 aliphatic rings. The molecule has 0 saturated heterocycles. The highest BCUT2D eigenvalue weighted by atomic mass is 16.1. The van der Waals surface area contributed by atoms with Crippen molar-refractivity contribution in [1.29, 1.82) is 5.26 Å². The van der Waals surface area contributed by atoms with Crippen LogP contribution in [0.2, 0.25) is 0 Å². The maximum atomic E-state index is 12.6. The second-order valence-electron chi connectivity index (χ2n) is 7.72. The van der Waals surface area contributed by atoms with Crippen molar-refractivity contribution >= 4 is 11.6 Å². The predicted octanol–water partition coefficient (Wildman–Crippen LogP) is 4.10. The van der Waals surface area contributed by atoms with Crippen molar-refractivity contribution in [2.45, 2.75) is 39.2 Å². The number of hydrogen-bond donors (Lipinski definition) is 1. The van der Waals surface area contributed by atoms with Gasteiger partial charge in [0.2, 0.25) is 0 Å². The minimum atomic E-state index is -0.187.